The van der Waals surface area contributed by atoms with Crippen molar-refractivity contribution < 1.29 is 4.74 Å². The van der Waals surface area contributed by atoms with Gasteiger partial charge in [-0.15, -0.1) is 0 Å². The minimum absolute atomic E-state index is 0.534. The van der Waals surface area contributed by atoms with Crippen molar-refractivity contribution in [2.75, 3.05) is 7.05 Å². The monoisotopic (exact) mass is 309 g/mol. The number of aryl methyl sites for hydroxylation is 1. The first-order valence-electron chi connectivity index (χ1n) is 5.72. The van der Waals surface area contributed by atoms with Gasteiger partial charge in [0, 0.05) is 35.4 Å². The fourth-order valence-corrected chi connectivity index (χ4v) is 2.13. The number of halogens is 1. The molecule has 1 aromatic heterocycles. The lowest BCUT2D eigenvalue weighted by molar-refractivity contribution is 0.302. The van der Waals surface area contributed by atoms with E-state index in [4.69, 9.17) is 4.74 Å². The highest BCUT2D eigenvalue weighted by Crippen LogP contribution is 2.24. The first-order chi connectivity index (χ1) is 8.69. The zero-order chi connectivity index (χ0) is 13.0. The summed E-state index contributed by atoms with van der Waals surface area (Å²) in [6.45, 7) is 1.31. The van der Waals surface area contributed by atoms with E-state index in [1.807, 2.05) is 38.6 Å². The van der Waals surface area contributed by atoms with Crippen molar-refractivity contribution in [2.45, 2.75) is 13.2 Å². The molecule has 0 aliphatic heterocycles. The van der Waals surface area contributed by atoms with Gasteiger partial charge in [-0.1, -0.05) is 15.9 Å². The third-order valence-electron chi connectivity index (χ3n) is 2.54. The van der Waals surface area contributed by atoms with E-state index >= 15 is 0 Å². The van der Waals surface area contributed by atoms with Gasteiger partial charge in [0.05, 0.1) is 6.20 Å². The standard InChI is InChI=1S/C13H16BrN3O/c1-15-7-11-5-12(14)3-4-13(11)18-9-10-6-16-17(2)8-10/h3-6,8,15H,7,9H2,1-2H3. The molecule has 0 atom stereocenters. The summed E-state index contributed by atoms with van der Waals surface area (Å²) in [6.07, 6.45) is 3.77. The van der Waals surface area contributed by atoms with Crippen molar-refractivity contribution in [1.29, 1.82) is 0 Å². The molecular formula is C13H16BrN3O. The average molecular weight is 310 g/mol. The Kier molecular flexibility index (Phi) is 4.38. The normalized spacial score (nSPS) is 10.6. The van der Waals surface area contributed by atoms with Crippen LogP contribution in [0.1, 0.15) is 11.1 Å². The van der Waals surface area contributed by atoms with Gasteiger partial charge in [-0.25, -0.2) is 0 Å². The van der Waals surface area contributed by atoms with E-state index < -0.39 is 0 Å². The molecule has 0 bridgehead atoms. The van der Waals surface area contributed by atoms with Gasteiger partial charge in [0.25, 0.3) is 0 Å². The van der Waals surface area contributed by atoms with Gasteiger partial charge < -0.3 is 10.1 Å². The first-order valence-corrected chi connectivity index (χ1v) is 6.51. The Bertz CT molecular complexity index is 525. The summed E-state index contributed by atoms with van der Waals surface area (Å²) in [5.41, 5.74) is 2.20. The van der Waals surface area contributed by atoms with E-state index in [1.165, 1.54) is 0 Å². The zero-order valence-electron chi connectivity index (χ0n) is 10.5. The number of aromatic nitrogens is 2. The predicted octanol–water partition coefficient (Wildman–Crippen LogP) is 2.48. The number of hydrogen-bond donors (Lipinski definition) is 1. The number of hydrogen-bond acceptors (Lipinski definition) is 3. The summed E-state index contributed by atoms with van der Waals surface area (Å²) in [5, 5.41) is 7.26. The van der Waals surface area contributed by atoms with Gasteiger partial charge >= 0.3 is 0 Å². The SMILES string of the molecule is CNCc1cc(Br)ccc1OCc1cnn(C)c1. The molecule has 0 unspecified atom stereocenters. The predicted molar refractivity (Wildman–Crippen MR) is 74.4 cm³/mol. The lowest BCUT2D eigenvalue weighted by Crippen LogP contribution is -2.07. The van der Waals surface area contributed by atoms with Crippen molar-refractivity contribution in [3.8, 4) is 5.75 Å². The summed E-state index contributed by atoms with van der Waals surface area (Å²) < 4.78 is 8.66. The van der Waals surface area contributed by atoms with Crippen LogP contribution >= 0.6 is 15.9 Å². The second kappa shape index (κ2) is 6.02. The van der Waals surface area contributed by atoms with Crippen molar-refractivity contribution in [3.05, 3.63) is 46.2 Å². The number of nitrogens with one attached hydrogen (secondary N) is 1. The molecule has 0 aliphatic rings. The van der Waals surface area contributed by atoms with Gasteiger partial charge in [-0.3, -0.25) is 4.68 Å². The largest absolute Gasteiger partial charge is 0.488 e. The molecule has 0 saturated carbocycles. The molecule has 96 valence electrons. The molecule has 1 aromatic carbocycles. The Balaban J connectivity index is 2.08. The molecule has 0 amide bonds. The molecule has 2 rings (SSSR count). The van der Waals surface area contributed by atoms with Crippen molar-refractivity contribution in [2.24, 2.45) is 7.05 Å². The second-order valence-corrected chi connectivity index (χ2v) is 5.01. The maximum atomic E-state index is 5.83. The molecule has 0 radical (unpaired) electrons. The lowest BCUT2D eigenvalue weighted by Gasteiger charge is -2.11. The van der Waals surface area contributed by atoms with Crippen LogP contribution in [0.15, 0.2) is 35.1 Å². The van der Waals surface area contributed by atoms with Crippen LogP contribution in [0.2, 0.25) is 0 Å². The van der Waals surface area contributed by atoms with Crippen molar-refractivity contribution in [3.63, 3.8) is 0 Å². The van der Waals surface area contributed by atoms with Crippen molar-refractivity contribution >= 4 is 15.9 Å². The second-order valence-electron chi connectivity index (χ2n) is 4.09. The fraction of sp³-hybridized carbons (Fsp3) is 0.308. The van der Waals surface area contributed by atoms with Gasteiger partial charge in [0.2, 0.25) is 0 Å². The van der Waals surface area contributed by atoms with E-state index in [1.54, 1.807) is 4.68 Å². The van der Waals surface area contributed by atoms with E-state index in [9.17, 15) is 0 Å². The number of nitrogens with zero attached hydrogens (tertiary/aromatic N) is 2. The quantitative estimate of drug-likeness (QED) is 0.922. The molecular weight excluding hydrogens is 294 g/mol. The van der Waals surface area contributed by atoms with Gasteiger partial charge in [0.1, 0.15) is 12.4 Å². The molecule has 5 heteroatoms. The maximum absolute atomic E-state index is 5.83. The zero-order valence-corrected chi connectivity index (χ0v) is 12.1. The Hall–Kier alpha value is -1.33. The van der Waals surface area contributed by atoms with Crippen LogP contribution in [-0.4, -0.2) is 16.8 Å². The van der Waals surface area contributed by atoms with Crippen LogP contribution < -0.4 is 10.1 Å². The van der Waals surface area contributed by atoms with Crippen LogP contribution in [0.25, 0.3) is 0 Å². The lowest BCUT2D eigenvalue weighted by atomic mass is 10.2. The fourth-order valence-electron chi connectivity index (χ4n) is 1.72. The highest BCUT2D eigenvalue weighted by atomic mass is 79.9. The van der Waals surface area contributed by atoms with E-state index in [-0.39, 0.29) is 0 Å². The number of benzene rings is 1. The van der Waals surface area contributed by atoms with E-state index in [2.05, 4.69) is 32.4 Å². The van der Waals surface area contributed by atoms with Crippen LogP contribution in [0.4, 0.5) is 0 Å². The van der Waals surface area contributed by atoms with Gasteiger partial charge in [-0.05, 0) is 25.2 Å². The molecule has 4 nitrogen and oxygen atoms in total. The van der Waals surface area contributed by atoms with Gasteiger partial charge in [-0.2, -0.15) is 5.10 Å². The van der Waals surface area contributed by atoms with E-state index in [0.717, 1.165) is 27.9 Å². The third kappa shape index (κ3) is 3.34. The minimum Gasteiger partial charge on any atom is -0.488 e. The molecule has 0 fully saturated rings. The molecule has 1 heterocycles. The molecule has 18 heavy (non-hydrogen) atoms. The third-order valence-corrected chi connectivity index (χ3v) is 3.04. The van der Waals surface area contributed by atoms with Crippen molar-refractivity contribution in [1.82, 2.24) is 15.1 Å². The summed E-state index contributed by atoms with van der Waals surface area (Å²) in [5.74, 6) is 0.899. The molecule has 0 spiro atoms. The van der Waals surface area contributed by atoms with Crippen LogP contribution in [-0.2, 0) is 20.2 Å². The molecule has 0 aliphatic carbocycles. The Labute approximate surface area is 115 Å². The summed E-state index contributed by atoms with van der Waals surface area (Å²) in [6, 6.07) is 6.03. The Morgan fingerprint density at radius 1 is 1.44 bits per heavy atom. The van der Waals surface area contributed by atoms with Crippen LogP contribution in [0, 0.1) is 0 Å². The number of ether oxygens (including phenoxy) is 1. The Morgan fingerprint density at radius 3 is 2.94 bits per heavy atom. The van der Waals surface area contributed by atoms with Crippen LogP contribution in [0.5, 0.6) is 5.75 Å². The van der Waals surface area contributed by atoms with Crippen LogP contribution in [0.3, 0.4) is 0 Å². The molecule has 0 saturated heterocycles. The van der Waals surface area contributed by atoms with Gasteiger partial charge in [0.15, 0.2) is 0 Å². The smallest absolute Gasteiger partial charge is 0.124 e. The molecule has 2 aromatic rings. The van der Waals surface area contributed by atoms with E-state index in [0.29, 0.717) is 6.61 Å². The summed E-state index contributed by atoms with van der Waals surface area (Å²) in [7, 11) is 3.82. The minimum atomic E-state index is 0.534. The number of rotatable bonds is 5. The summed E-state index contributed by atoms with van der Waals surface area (Å²) in [4.78, 5) is 0. The highest BCUT2D eigenvalue weighted by molar-refractivity contribution is 9.10. The topological polar surface area (TPSA) is 39.1 Å². The average Bonchev–Trinajstić information content (AvgIpc) is 2.75. The Morgan fingerprint density at radius 2 is 2.28 bits per heavy atom. The first kappa shape index (κ1) is 13.1. The highest BCUT2D eigenvalue weighted by Gasteiger charge is 2.05. The summed E-state index contributed by atoms with van der Waals surface area (Å²) >= 11 is 3.47. The molecule has 1 N–H and O–H groups in total. The maximum Gasteiger partial charge on any atom is 0.124 e.